The summed E-state index contributed by atoms with van der Waals surface area (Å²) in [5.74, 6) is 1.23. The molecule has 0 spiro atoms. The van der Waals surface area contributed by atoms with Gasteiger partial charge in [0.05, 0.1) is 25.0 Å². The van der Waals surface area contributed by atoms with Crippen LogP contribution in [0.4, 0.5) is 10.3 Å². The molecule has 0 atom stereocenters. The summed E-state index contributed by atoms with van der Waals surface area (Å²) in [5, 5.41) is 26.4. The minimum atomic E-state index is -0.812. The molecule has 316 valence electrons. The predicted octanol–water partition coefficient (Wildman–Crippen LogP) is 12.1. The van der Waals surface area contributed by atoms with Crippen molar-refractivity contribution in [3.63, 3.8) is 0 Å². The van der Waals surface area contributed by atoms with Gasteiger partial charge in [-0.25, -0.2) is 9.97 Å². The molecule has 4 aromatic carbocycles. The highest BCUT2D eigenvalue weighted by molar-refractivity contribution is 9.69. The molecule has 16 heteroatoms. The zero-order chi connectivity index (χ0) is 44.2. The summed E-state index contributed by atoms with van der Waals surface area (Å²) < 4.78 is 10.9. The lowest BCUT2D eigenvalue weighted by atomic mass is 9.70. The second-order valence-corrected chi connectivity index (χ2v) is 23.6. The third-order valence-corrected chi connectivity index (χ3v) is 11.3. The fourth-order valence-corrected chi connectivity index (χ4v) is 7.90. The number of phenolic OH excluding ortho intramolecular Hbond substituents is 2. The number of carbonyl (C=O) groups excluding carboxylic acids is 2. The maximum atomic E-state index is 13.3. The third kappa shape index (κ3) is 13.4. The molecule has 0 saturated heterocycles. The minimum Gasteiger partial charge on any atom is -0.508 e. The average molecular weight is 1040 g/mol. The van der Waals surface area contributed by atoms with Gasteiger partial charge in [0.25, 0.3) is 0 Å². The van der Waals surface area contributed by atoms with Gasteiger partial charge in [0, 0.05) is 34.0 Å². The molecule has 0 aliphatic carbocycles. The molecule has 2 amide bonds. The van der Waals surface area contributed by atoms with Crippen molar-refractivity contribution in [1.82, 2.24) is 9.97 Å². The van der Waals surface area contributed by atoms with Crippen molar-refractivity contribution < 1.29 is 29.3 Å². The molecule has 6 aromatic rings. The number of hydrogen-bond donors (Lipinski definition) is 4. The second-order valence-electron chi connectivity index (χ2n) is 14.7. The van der Waals surface area contributed by atoms with Crippen LogP contribution in [-0.2, 0) is 9.59 Å². The number of ether oxygens (including phenoxy) is 2. The molecule has 10 nitrogen and oxygen atoms in total. The molecular weight excluding hydrogens is 995 g/mol. The van der Waals surface area contributed by atoms with E-state index >= 15 is 0 Å². The van der Waals surface area contributed by atoms with E-state index < -0.39 is 10.8 Å². The summed E-state index contributed by atoms with van der Waals surface area (Å²) in [6, 6.07) is 29.4. The van der Waals surface area contributed by atoms with Gasteiger partial charge in [-0.1, -0.05) is 76.2 Å². The molecule has 2 aromatic heterocycles. The number of hydrogen-bond acceptors (Lipinski definition) is 10. The lowest BCUT2D eigenvalue weighted by molar-refractivity contribution is -0.125. The summed E-state index contributed by atoms with van der Waals surface area (Å²) >= 11 is 12.2. The van der Waals surface area contributed by atoms with Crippen LogP contribution >= 0.6 is 69.9 Å². The van der Waals surface area contributed by atoms with E-state index in [1.165, 1.54) is 22.7 Å². The monoisotopic (exact) mass is 1040 g/mol. The number of nitrogens with zero attached hydrogens (tertiary/aromatic N) is 2. The molecule has 4 N–H and O–H groups in total. The van der Waals surface area contributed by atoms with Crippen LogP contribution in [0.1, 0.15) is 71.5 Å². The Hall–Kier alpha value is -4.22. The normalized spacial score (nSPS) is 11.2. The van der Waals surface area contributed by atoms with Crippen LogP contribution in [0.15, 0.2) is 109 Å². The number of anilines is 2. The van der Waals surface area contributed by atoms with Gasteiger partial charge in [-0.2, -0.15) is 0 Å². The lowest BCUT2D eigenvalue weighted by Crippen LogP contribution is -2.37. The van der Waals surface area contributed by atoms with E-state index in [0.29, 0.717) is 10.3 Å². The SMILES string of the molecule is BrB(Br)Br.COc1ccc(C(c2ccc(OC)cc2)C(C)(C)C(=O)Nc2ncc(C)s2)cc1.Cc1cnc(NC(=O)C(C)(C)C(c2ccc(O)cc2)c2ccc(O)cc2)s1. The van der Waals surface area contributed by atoms with Crippen LogP contribution in [-0.4, -0.2) is 49.4 Å². The summed E-state index contributed by atoms with van der Waals surface area (Å²) in [6.07, 6.45) is 3.49. The predicted molar refractivity (Wildman–Crippen MR) is 257 cm³/mol. The number of phenols is 2. The van der Waals surface area contributed by atoms with Crippen molar-refractivity contribution >= 4 is 95.2 Å². The molecule has 0 unspecified atom stereocenters. The van der Waals surface area contributed by atoms with Crippen LogP contribution in [0.5, 0.6) is 23.0 Å². The van der Waals surface area contributed by atoms with Crippen molar-refractivity contribution in [2.24, 2.45) is 10.8 Å². The fraction of sp³-hybridized carbons (Fsp3) is 0.273. The van der Waals surface area contributed by atoms with E-state index in [0.717, 1.165) is 43.5 Å². The third-order valence-electron chi connectivity index (χ3n) is 9.65. The van der Waals surface area contributed by atoms with Crippen molar-refractivity contribution in [1.29, 1.82) is 0 Å². The van der Waals surface area contributed by atoms with E-state index in [1.54, 1.807) is 50.9 Å². The van der Waals surface area contributed by atoms with E-state index in [4.69, 9.17) is 9.47 Å². The van der Waals surface area contributed by atoms with Gasteiger partial charge in [0.1, 0.15) is 23.0 Å². The number of benzene rings is 4. The van der Waals surface area contributed by atoms with Crippen molar-refractivity contribution in [2.45, 2.75) is 53.4 Å². The molecule has 0 bridgehead atoms. The first-order valence-electron chi connectivity index (χ1n) is 18.6. The standard InChI is InChI=1S/C23H26N2O3S.C21H22N2O3S.BBr3/c1-15-14-24-22(29-15)25-21(26)23(2,3)20(16-6-10-18(27-4)11-7-16)17-8-12-19(28-5)13-9-17;1-13-12-22-20(27-13)23-19(26)21(2,3)18(14-4-8-16(24)9-5-14)15-6-10-17(25)11-7-15;2-1(3)4/h6-14,20H,1-5H3,(H,24,25,26);4-12,18,24-25H,1-3H3,(H,22,23,26);. The molecule has 60 heavy (non-hydrogen) atoms. The van der Waals surface area contributed by atoms with Gasteiger partial charge >= 0.3 is 3.18 Å². The maximum absolute atomic E-state index is 13.3. The summed E-state index contributed by atoms with van der Waals surface area (Å²) in [5.41, 5.74) is 2.32. The second kappa shape index (κ2) is 22.0. The summed E-state index contributed by atoms with van der Waals surface area (Å²) in [7, 11) is 3.28. The van der Waals surface area contributed by atoms with E-state index in [1.807, 2.05) is 114 Å². The highest BCUT2D eigenvalue weighted by Gasteiger charge is 2.40. The Morgan fingerprint density at radius 1 is 0.583 bits per heavy atom. The quantitative estimate of drug-likeness (QED) is 0.0888. The zero-order valence-corrected chi connectivity index (χ0v) is 40.9. The number of amides is 2. The van der Waals surface area contributed by atoms with Crippen molar-refractivity contribution in [3.8, 4) is 23.0 Å². The Kier molecular flexibility index (Phi) is 17.8. The van der Waals surface area contributed by atoms with Crippen molar-refractivity contribution in [2.75, 3.05) is 24.9 Å². The number of aryl methyl sites for hydroxylation is 2. The Morgan fingerprint density at radius 2 is 0.850 bits per heavy atom. The van der Waals surface area contributed by atoms with E-state index in [-0.39, 0.29) is 38.3 Å². The maximum Gasteiger partial charge on any atom is 0.369 e. The van der Waals surface area contributed by atoms with Crippen LogP contribution < -0.4 is 20.1 Å². The Morgan fingerprint density at radius 3 is 1.08 bits per heavy atom. The topological polar surface area (TPSA) is 143 Å². The molecule has 2 heterocycles. The number of halogens is 3. The number of carbonyl (C=O) groups is 2. The van der Waals surface area contributed by atoms with Gasteiger partial charge < -0.3 is 30.3 Å². The fourth-order valence-electron chi connectivity index (χ4n) is 6.58. The van der Waals surface area contributed by atoms with Crippen LogP contribution in [0, 0.1) is 24.7 Å². The number of aromatic nitrogens is 2. The first-order valence-corrected chi connectivity index (χ1v) is 23.0. The molecular formula is C44H48BBr3N4O6S2. The number of methoxy groups -OCH3 is 2. The number of aromatic hydroxyl groups is 2. The number of nitrogens with one attached hydrogen (secondary N) is 2. The largest absolute Gasteiger partial charge is 0.508 e. The molecule has 6 rings (SSSR count). The molecule has 0 fully saturated rings. The van der Waals surface area contributed by atoms with Gasteiger partial charge in [0.2, 0.25) is 11.8 Å². The van der Waals surface area contributed by atoms with Crippen LogP contribution in [0.2, 0.25) is 0 Å². The number of thiazole rings is 2. The molecule has 0 radical (unpaired) electrons. The molecule has 0 aliphatic rings. The van der Waals surface area contributed by atoms with E-state index in [9.17, 15) is 19.8 Å². The summed E-state index contributed by atoms with van der Waals surface area (Å²) in [6.45, 7) is 11.6. The van der Waals surface area contributed by atoms with Crippen molar-refractivity contribution in [3.05, 3.63) is 141 Å². The van der Waals surface area contributed by atoms with Crippen LogP contribution in [0.25, 0.3) is 0 Å². The molecule has 0 aliphatic heterocycles. The van der Waals surface area contributed by atoms with Crippen LogP contribution in [0.3, 0.4) is 0 Å². The Labute approximate surface area is 385 Å². The number of rotatable bonds is 12. The van der Waals surface area contributed by atoms with Gasteiger partial charge in [-0.15, -0.1) is 69.9 Å². The Bertz CT molecular complexity index is 2190. The van der Waals surface area contributed by atoms with Gasteiger partial charge in [0.15, 0.2) is 10.3 Å². The average Bonchev–Trinajstić information content (AvgIpc) is 3.82. The van der Waals surface area contributed by atoms with Gasteiger partial charge in [-0.05, 0) is 84.6 Å². The molecule has 0 saturated carbocycles. The zero-order valence-electron chi connectivity index (χ0n) is 34.5. The highest BCUT2D eigenvalue weighted by Crippen LogP contribution is 2.44. The summed E-state index contributed by atoms with van der Waals surface area (Å²) in [4.78, 5) is 37.0. The minimum absolute atomic E-state index is 0.0801. The smallest absolute Gasteiger partial charge is 0.369 e. The van der Waals surface area contributed by atoms with Gasteiger partial charge in [-0.3, -0.25) is 9.59 Å². The highest BCUT2D eigenvalue weighted by atomic mass is 79.9. The first kappa shape index (κ1) is 48.5. The Balaban J connectivity index is 0.000000243. The first-order chi connectivity index (χ1) is 28.3. The van der Waals surface area contributed by atoms with E-state index in [2.05, 4.69) is 67.9 Å². The lowest BCUT2D eigenvalue weighted by Gasteiger charge is -2.34.